The molecular formula is C15H18ClN3O2S3. The fourth-order valence-corrected chi connectivity index (χ4v) is 4.86. The Balaban J connectivity index is 1.84. The molecule has 1 N–H and O–H groups in total. The van der Waals surface area contributed by atoms with Gasteiger partial charge in [0.05, 0.1) is 18.6 Å². The Bertz CT molecular complexity index is 682. The van der Waals surface area contributed by atoms with Crippen LogP contribution in [0.1, 0.15) is 19.8 Å². The lowest BCUT2D eigenvalue weighted by Crippen LogP contribution is -2.14. The first-order valence-corrected chi connectivity index (χ1v) is 10.5. The average Bonchev–Trinajstić information content (AvgIpc) is 3.01. The van der Waals surface area contributed by atoms with Crippen molar-refractivity contribution in [2.45, 2.75) is 28.4 Å². The molecule has 2 aromatic rings. The predicted octanol–water partition coefficient (Wildman–Crippen LogP) is 4.82. The quantitative estimate of drug-likeness (QED) is 0.478. The molecule has 1 heterocycles. The summed E-state index contributed by atoms with van der Waals surface area (Å²) < 4.78 is 6.95. The van der Waals surface area contributed by atoms with Gasteiger partial charge in [0.25, 0.3) is 0 Å². The molecule has 0 atom stereocenters. The van der Waals surface area contributed by atoms with Gasteiger partial charge in [-0.1, -0.05) is 59.8 Å². The van der Waals surface area contributed by atoms with Crippen molar-refractivity contribution in [1.29, 1.82) is 0 Å². The van der Waals surface area contributed by atoms with Gasteiger partial charge in [0, 0.05) is 10.8 Å². The zero-order valence-electron chi connectivity index (χ0n) is 13.4. The van der Waals surface area contributed by atoms with Crippen LogP contribution in [0.3, 0.4) is 0 Å². The largest absolute Gasteiger partial charge is 0.495 e. The Hall–Kier alpha value is -0.960. The van der Waals surface area contributed by atoms with Crippen molar-refractivity contribution >= 4 is 58.1 Å². The number of hydrogen-bond acceptors (Lipinski definition) is 7. The van der Waals surface area contributed by atoms with Crippen LogP contribution in [0.2, 0.25) is 5.02 Å². The minimum Gasteiger partial charge on any atom is -0.495 e. The summed E-state index contributed by atoms with van der Waals surface area (Å²) >= 11 is 10.6. The number of unbranched alkanes of at least 4 members (excludes halogenated alkanes) is 1. The van der Waals surface area contributed by atoms with E-state index < -0.39 is 0 Å². The van der Waals surface area contributed by atoms with Crippen molar-refractivity contribution in [3.05, 3.63) is 23.2 Å². The number of ether oxygens (including phenoxy) is 1. The van der Waals surface area contributed by atoms with Crippen molar-refractivity contribution in [3.8, 4) is 5.75 Å². The van der Waals surface area contributed by atoms with Gasteiger partial charge in [-0.15, -0.1) is 10.2 Å². The molecule has 0 unspecified atom stereocenters. The smallest absolute Gasteiger partial charge is 0.234 e. The maximum absolute atomic E-state index is 12.1. The van der Waals surface area contributed by atoms with E-state index in [1.54, 1.807) is 37.1 Å². The fourth-order valence-electron chi connectivity index (χ4n) is 1.71. The molecular weight excluding hydrogens is 386 g/mol. The Morgan fingerprint density at radius 1 is 1.33 bits per heavy atom. The number of carbonyl (C=O) groups is 1. The maximum atomic E-state index is 12.1. The highest BCUT2D eigenvalue weighted by atomic mass is 35.5. The lowest BCUT2D eigenvalue weighted by atomic mass is 10.3. The van der Waals surface area contributed by atoms with Gasteiger partial charge in [-0.3, -0.25) is 4.79 Å². The van der Waals surface area contributed by atoms with Crippen molar-refractivity contribution in [2.75, 3.05) is 23.9 Å². The lowest BCUT2D eigenvalue weighted by molar-refractivity contribution is -0.113. The van der Waals surface area contributed by atoms with E-state index in [0.717, 1.165) is 20.9 Å². The lowest BCUT2D eigenvalue weighted by Gasteiger charge is -2.09. The normalized spacial score (nSPS) is 10.6. The van der Waals surface area contributed by atoms with Crippen molar-refractivity contribution < 1.29 is 9.53 Å². The standard InChI is InChI=1S/C15H18ClN3O2S3/c1-3-4-7-22-14-18-19-15(24-14)23-9-13(20)17-11-8-10(16)5-6-12(11)21-2/h5-6,8H,3-4,7,9H2,1-2H3,(H,17,20). The van der Waals surface area contributed by atoms with Crippen molar-refractivity contribution in [1.82, 2.24) is 10.2 Å². The molecule has 0 spiro atoms. The molecule has 0 saturated carbocycles. The summed E-state index contributed by atoms with van der Waals surface area (Å²) in [6, 6.07) is 5.09. The molecule has 24 heavy (non-hydrogen) atoms. The number of amides is 1. The minimum atomic E-state index is -0.143. The maximum Gasteiger partial charge on any atom is 0.234 e. The van der Waals surface area contributed by atoms with Gasteiger partial charge in [-0.2, -0.15) is 0 Å². The molecule has 2 rings (SSSR count). The second kappa shape index (κ2) is 10.1. The van der Waals surface area contributed by atoms with E-state index in [9.17, 15) is 4.79 Å². The summed E-state index contributed by atoms with van der Waals surface area (Å²) in [6.07, 6.45) is 2.33. The van der Waals surface area contributed by atoms with Gasteiger partial charge in [0.15, 0.2) is 8.68 Å². The molecule has 9 heteroatoms. The van der Waals surface area contributed by atoms with Crippen LogP contribution in [0.25, 0.3) is 0 Å². The number of carbonyl (C=O) groups excluding carboxylic acids is 1. The zero-order chi connectivity index (χ0) is 17.4. The van der Waals surface area contributed by atoms with E-state index >= 15 is 0 Å². The number of halogens is 1. The topological polar surface area (TPSA) is 64.1 Å². The van der Waals surface area contributed by atoms with Crippen LogP contribution < -0.4 is 10.1 Å². The molecule has 0 aliphatic rings. The molecule has 1 aromatic carbocycles. The summed E-state index contributed by atoms with van der Waals surface area (Å²) in [7, 11) is 1.55. The highest BCUT2D eigenvalue weighted by molar-refractivity contribution is 8.03. The van der Waals surface area contributed by atoms with Crippen LogP contribution in [0.4, 0.5) is 5.69 Å². The first-order chi connectivity index (χ1) is 11.6. The van der Waals surface area contributed by atoms with E-state index in [1.807, 2.05) is 0 Å². The third-order valence-electron chi connectivity index (χ3n) is 2.87. The van der Waals surface area contributed by atoms with Crippen molar-refractivity contribution in [3.63, 3.8) is 0 Å². The van der Waals surface area contributed by atoms with E-state index in [1.165, 1.54) is 29.5 Å². The molecule has 1 amide bonds. The third kappa shape index (κ3) is 6.16. The van der Waals surface area contributed by atoms with Gasteiger partial charge in [0.2, 0.25) is 5.91 Å². The van der Waals surface area contributed by atoms with E-state index in [2.05, 4.69) is 22.4 Å². The SMILES string of the molecule is CCCCSc1nnc(SCC(=O)Nc2cc(Cl)ccc2OC)s1. The zero-order valence-corrected chi connectivity index (χ0v) is 16.6. The van der Waals surface area contributed by atoms with Crippen LogP contribution in [0.15, 0.2) is 26.9 Å². The van der Waals surface area contributed by atoms with Gasteiger partial charge in [0.1, 0.15) is 5.75 Å². The number of aromatic nitrogens is 2. The number of benzene rings is 1. The number of nitrogens with zero attached hydrogens (tertiary/aromatic N) is 2. The molecule has 0 aliphatic carbocycles. The number of hydrogen-bond donors (Lipinski definition) is 1. The molecule has 1 aromatic heterocycles. The molecule has 0 saturated heterocycles. The van der Waals surface area contributed by atoms with Gasteiger partial charge >= 0.3 is 0 Å². The minimum absolute atomic E-state index is 0.143. The number of nitrogens with one attached hydrogen (secondary N) is 1. The third-order valence-corrected chi connectivity index (χ3v) is 6.38. The van der Waals surface area contributed by atoms with Crippen LogP contribution >= 0.6 is 46.5 Å². The molecule has 130 valence electrons. The van der Waals surface area contributed by atoms with Crippen molar-refractivity contribution in [2.24, 2.45) is 0 Å². The molecule has 5 nitrogen and oxygen atoms in total. The monoisotopic (exact) mass is 403 g/mol. The van der Waals surface area contributed by atoms with E-state index in [-0.39, 0.29) is 11.7 Å². The Labute approximate surface area is 158 Å². The first kappa shape index (κ1) is 19.4. The predicted molar refractivity (Wildman–Crippen MR) is 103 cm³/mol. The second-order valence-electron chi connectivity index (χ2n) is 4.72. The first-order valence-electron chi connectivity index (χ1n) is 7.35. The second-order valence-corrected chi connectivity index (χ2v) is 8.70. The highest BCUT2D eigenvalue weighted by Gasteiger charge is 2.11. The number of thioether (sulfide) groups is 2. The Kier molecular flexibility index (Phi) is 8.17. The Morgan fingerprint density at radius 2 is 2.08 bits per heavy atom. The summed E-state index contributed by atoms with van der Waals surface area (Å²) in [4.78, 5) is 12.1. The molecule has 0 radical (unpaired) electrons. The van der Waals surface area contributed by atoms with Crippen LogP contribution in [0.5, 0.6) is 5.75 Å². The number of anilines is 1. The van der Waals surface area contributed by atoms with Gasteiger partial charge in [-0.05, 0) is 24.6 Å². The summed E-state index contributed by atoms with van der Waals surface area (Å²) in [5, 5.41) is 11.6. The van der Waals surface area contributed by atoms with E-state index in [0.29, 0.717) is 16.5 Å². The summed E-state index contributed by atoms with van der Waals surface area (Å²) in [5.74, 6) is 1.73. The fraction of sp³-hybridized carbons (Fsp3) is 0.400. The number of methoxy groups -OCH3 is 1. The van der Waals surface area contributed by atoms with Crippen LogP contribution in [-0.2, 0) is 4.79 Å². The highest BCUT2D eigenvalue weighted by Crippen LogP contribution is 2.30. The van der Waals surface area contributed by atoms with Gasteiger partial charge in [-0.25, -0.2) is 0 Å². The molecule has 0 fully saturated rings. The van der Waals surface area contributed by atoms with Crippen LogP contribution in [-0.4, -0.2) is 34.7 Å². The summed E-state index contributed by atoms with van der Waals surface area (Å²) in [6.45, 7) is 2.16. The van der Waals surface area contributed by atoms with Crippen LogP contribution in [0, 0.1) is 0 Å². The number of rotatable bonds is 9. The molecule has 0 bridgehead atoms. The summed E-state index contributed by atoms with van der Waals surface area (Å²) in [5.41, 5.74) is 0.559. The Morgan fingerprint density at radius 3 is 2.79 bits per heavy atom. The molecule has 0 aliphatic heterocycles. The average molecular weight is 404 g/mol. The van der Waals surface area contributed by atoms with E-state index in [4.69, 9.17) is 16.3 Å². The van der Waals surface area contributed by atoms with Gasteiger partial charge < -0.3 is 10.1 Å².